The van der Waals surface area contributed by atoms with E-state index in [2.05, 4.69) is 5.32 Å². The zero-order chi connectivity index (χ0) is 19.2. The second-order valence-electron chi connectivity index (χ2n) is 6.08. The van der Waals surface area contributed by atoms with Crippen molar-refractivity contribution in [3.05, 3.63) is 53.1 Å². The summed E-state index contributed by atoms with van der Waals surface area (Å²) in [6.07, 6.45) is 0.158. The predicted octanol–water partition coefficient (Wildman–Crippen LogP) is 3.14. The molecule has 3 rings (SSSR count). The van der Waals surface area contributed by atoms with Crippen molar-refractivity contribution >= 4 is 29.1 Å². The normalized spacial score (nSPS) is 12.4. The Balaban J connectivity index is 1.59. The standard InChI is InChI=1S/C20H21ClN2O4/c1-2-23(20(25)11-14-5-3-4-6-16(14)21)13-19(24)22-15-7-8-17-18(12-15)27-10-9-26-17/h3-8,12H,2,9-11,13H2,1H3,(H,22,24). The van der Waals surface area contributed by atoms with Crippen LogP contribution in [-0.4, -0.2) is 43.0 Å². The van der Waals surface area contributed by atoms with Crippen LogP contribution in [0.5, 0.6) is 11.5 Å². The Kier molecular flexibility index (Phi) is 6.19. The van der Waals surface area contributed by atoms with Gasteiger partial charge in [0.1, 0.15) is 13.2 Å². The summed E-state index contributed by atoms with van der Waals surface area (Å²) in [7, 11) is 0. The SMILES string of the molecule is CCN(CC(=O)Nc1ccc2c(c1)OCCO2)C(=O)Cc1ccccc1Cl. The van der Waals surface area contributed by atoms with Crippen molar-refractivity contribution in [3.63, 3.8) is 0 Å². The zero-order valence-electron chi connectivity index (χ0n) is 15.0. The summed E-state index contributed by atoms with van der Waals surface area (Å²) in [5.41, 5.74) is 1.34. The van der Waals surface area contributed by atoms with Gasteiger partial charge in [-0.1, -0.05) is 29.8 Å². The molecule has 0 atom stereocenters. The lowest BCUT2D eigenvalue weighted by Crippen LogP contribution is -2.38. The number of anilines is 1. The second-order valence-corrected chi connectivity index (χ2v) is 6.49. The maximum Gasteiger partial charge on any atom is 0.243 e. The van der Waals surface area contributed by atoms with Crippen LogP contribution in [0.25, 0.3) is 0 Å². The lowest BCUT2D eigenvalue weighted by atomic mass is 10.1. The van der Waals surface area contributed by atoms with Gasteiger partial charge in [0.2, 0.25) is 11.8 Å². The average Bonchev–Trinajstić information content (AvgIpc) is 2.67. The van der Waals surface area contributed by atoms with E-state index in [1.807, 2.05) is 25.1 Å². The molecule has 2 aromatic rings. The van der Waals surface area contributed by atoms with Crippen molar-refractivity contribution < 1.29 is 19.1 Å². The molecule has 0 bridgehead atoms. The van der Waals surface area contributed by atoms with Crippen molar-refractivity contribution in [1.82, 2.24) is 4.90 Å². The van der Waals surface area contributed by atoms with Gasteiger partial charge >= 0.3 is 0 Å². The fourth-order valence-electron chi connectivity index (χ4n) is 2.79. The van der Waals surface area contributed by atoms with E-state index in [1.54, 1.807) is 24.3 Å². The maximum absolute atomic E-state index is 12.5. The summed E-state index contributed by atoms with van der Waals surface area (Å²) >= 11 is 6.12. The molecule has 6 nitrogen and oxygen atoms in total. The minimum Gasteiger partial charge on any atom is -0.486 e. The number of halogens is 1. The average molecular weight is 389 g/mol. The van der Waals surface area contributed by atoms with Gasteiger partial charge in [0.05, 0.1) is 13.0 Å². The molecular formula is C20H21ClN2O4. The molecule has 0 aliphatic carbocycles. The molecular weight excluding hydrogens is 368 g/mol. The first-order chi connectivity index (χ1) is 13.1. The van der Waals surface area contributed by atoms with Crippen LogP contribution in [0.2, 0.25) is 5.02 Å². The molecule has 1 aliphatic rings. The van der Waals surface area contributed by atoms with Crippen LogP contribution < -0.4 is 14.8 Å². The van der Waals surface area contributed by atoms with Crippen LogP contribution in [0.1, 0.15) is 12.5 Å². The molecule has 0 spiro atoms. The molecule has 7 heteroatoms. The molecule has 0 unspecified atom stereocenters. The number of rotatable bonds is 6. The number of likely N-dealkylation sites (N-methyl/N-ethyl adjacent to an activating group) is 1. The van der Waals surface area contributed by atoms with E-state index in [1.165, 1.54) is 4.90 Å². The first-order valence-corrected chi connectivity index (χ1v) is 9.15. The topological polar surface area (TPSA) is 67.9 Å². The summed E-state index contributed by atoms with van der Waals surface area (Å²) in [6, 6.07) is 12.4. The summed E-state index contributed by atoms with van der Waals surface area (Å²) in [6.45, 7) is 3.22. The molecule has 27 heavy (non-hydrogen) atoms. The van der Waals surface area contributed by atoms with Gasteiger partial charge in [0.25, 0.3) is 0 Å². The number of nitrogens with zero attached hydrogens (tertiary/aromatic N) is 1. The Morgan fingerprint density at radius 2 is 1.85 bits per heavy atom. The molecule has 1 N–H and O–H groups in total. The van der Waals surface area contributed by atoms with E-state index in [0.717, 1.165) is 5.56 Å². The fraction of sp³-hybridized carbons (Fsp3) is 0.300. The Hall–Kier alpha value is -2.73. The first-order valence-electron chi connectivity index (χ1n) is 8.77. The van der Waals surface area contributed by atoms with Gasteiger partial charge in [-0.05, 0) is 30.7 Å². The van der Waals surface area contributed by atoms with E-state index in [4.69, 9.17) is 21.1 Å². The number of amides is 2. The number of carbonyl (C=O) groups excluding carboxylic acids is 2. The van der Waals surface area contributed by atoms with Gasteiger partial charge in [-0.15, -0.1) is 0 Å². The third kappa shape index (κ3) is 4.92. The second kappa shape index (κ2) is 8.77. The summed E-state index contributed by atoms with van der Waals surface area (Å²) < 4.78 is 11.0. The number of carbonyl (C=O) groups is 2. The predicted molar refractivity (Wildman–Crippen MR) is 103 cm³/mol. The van der Waals surface area contributed by atoms with Crippen molar-refractivity contribution in [2.24, 2.45) is 0 Å². The molecule has 0 aromatic heterocycles. The monoisotopic (exact) mass is 388 g/mol. The Labute approximate surface area is 163 Å². The maximum atomic E-state index is 12.5. The number of fused-ring (bicyclic) bond motifs is 1. The van der Waals surface area contributed by atoms with Crippen LogP contribution in [0, 0.1) is 0 Å². The molecule has 0 fully saturated rings. The molecule has 2 amide bonds. The molecule has 0 radical (unpaired) electrons. The highest BCUT2D eigenvalue weighted by Crippen LogP contribution is 2.32. The van der Waals surface area contributed by atoms with Crippen molar-refractivity contribution in [1.29, 1.82) is 0 Å². The van der Waals surface area contributed by atoms with Crippen molar-refractivity contribution in [2.45, 2.75) is 13.3 Å². The fourth-order valence-corrected chi connectivity index (χ4v) is 2.99. The van der Waals surface area contributed by atoms with Crippen molar-refractivity contribution in [2.75, 3.05) is 31.6 Å². The van der Waals surface area contributed by atoms with Crippen molar-refractivity contribution in [3.8, 4) is 11.5 Å². The van der Waals surface area contributed by atoms with Crippen LogP contribution in [0.15, 0.2) is 42.5 Å². The number of benzene rings is 2. The Bertz CT molecular complexity index is 840. The van der Waals surface area contributed by atoms with E-state index >= 15 is 0 Å². The number of ether oxygens (including phenoxy) is 2. The molecule has 1 heterocycles. The summed E-state index contributed by atoms with van der Waals surface area (Å²) in [4.78, 5) is 26.4. The number of hydrogen-bond donors (Lipinski definition) is 1. The molecule has 0 saturated carbocycles. The van der Waals surface area contributed by atoms with E-state index in [-0.39, 0.29) is 24.8 Å². The Morgan fingerprint density at radius 3 is 2.59 bits per heavy atom. The highest BCUT2D eigenvalue weighted by Gasteiger charge is 2.18. The van der Waals surface area contributed by atoms with Gasteiger partial charge in [-0.2, -0.15) is 0 Å². The van der Waals surface area contributed by atoms with Crippen LogP contribution in [0.4, 0.5) is 5.69 Å². The third-order valence-electron chi connectivity index (χ3n) is 4.19. The Morgan fingerprint density at radius 1 is 1.11 bits per heavy atom. The summed E-state index contributed by atoms with van der Waals surface area (Å²) in [5, 5.41) is 3.34. The number of hydrogen-bond acceptors (Lipinski definition) is 4. The molecule has 2 aromatic carbocycles. The van der Waals surface area contributed by atoms with Gasteiger partial charge in [-0.3, -0.25) is 9.59 Å². The highest BCUT2D eigenvalue weighted by molar-refractivity contribution is 6.31. The van der Waals surface area contributed by atoms with Gasteiger partial charge < -0.3 is 19.7 Å². The van der Waals surface area contributed by atoms with Crippen LogP contribution in [0.3, 0.4) is 0 Å². The first kappa shape index (κ1) is 19.0. The van der Waals surface area contributed by atoms with Gasteiger partial charge in [0, 0.05) is 23.3 Å². The number of nitrogens with one attached hydrogen (secondary N) is 1. The van der Waals surface area contributed by atoms with E-state index in [9.17, 15) is 9.59 Å². The largest absolute Gasteiger partial charge is 0.486 e. The minimum absolute atomic E-state index is 0.0335. The smallest absolute Gasteiger partial charge is 0.243 e. The van der Waals surface area contributed by atoms with Crippen LogP contribution in [-0.2, 0) is 16.0 Å². The van der Waals surface area contributed by atoms with E-state index < -0.39 is 0 Å². The molecule has 0 saturated heterocycles. The minimum atomic E-state index is -0.277. The molecule has 142 valence electrons. The summed E-state index contributed by atoms with van der Waals surface area (Å²) in [5.74, 6) is 0.828. The zero-order valence-corrected chi connectivity index (χ0v) is 15.8. The lowest BCUT2D eigenvalue weighted by Gasteiger charge is -2.21. The van der Waals surface area contributed by atoms with Gasteiger partial charge in [0.15, 0.2) is 11.5 Å². The van der Waals surface area contributed by atoms with Crippen LogP contribution >= 0.6 is 11.6 Å². The lowest BCUT2D eigenvalue weighted by molar-refractivity contribution is -0.133. The third-order valence-corrected chi connectivity index (χ3v) is 4.56. The molecule has 1 aliphatic heterocycles. The quantitative estimate of drug-likeness (QED) is 0.825. The van der Waals surface area contributed by atoms with Gasteiger partial charge in [-0.25, -0.2) is 0 Å². The highest BCUT2D eigenvalue weighted by atomic mass is 35.5. The van der Waals surface area contributed by atoms with E-state index in [0.29, 0.717) is 42.0 Å².